The normalized spacial score (nSPS) is 15.3. The maximum atomic E-state index is 13.0. The van der Waals surface area contributed by atoms with Gasteiger partial charge in [0.25, 0.3) is 11.9 Å². The molecule has 0 aliphatic carbocycles. The number of carbonyl (C=O) groups is 1. The average molecular weight is 471 g/mol. The Balaban J connectivity index is 1.46. The molecule has 2 aromatic heterocycles. The van der Waals surface area contributed by atoms with Gasteiger partial charge in [-0.15, -0.1) is 10.2 Å². The third-order valence-electron chi connectivity index (χ3n) is 5.47. The Labute approximate surface area is 188 Å². The molecule has 3 heterocycles. The summed E-state index contributed by atoms with van der Waals surface area (Å²) in [5.74, 6) is -0.362. The van der Waals surface area contributed by atoms with Gasteiger partial charge in [-0.1, -0.05) is 18.0 Å². The van der Waals surface area contributed by atoms with E-state index in [1.807, 2.05) is 0 Å². The number of fused-ring (bicyclic) bond motifs is 3. The third kappa shape index (κ3) is 3.81. The summed E-state index contributed by atoms with van der Waals surface area (Å²) in [4.78, 5) is 20.0. The van der Waals surface area contributed by atoms with Crippen molar-refractivity contribution in [3.05, 3.63) is 53.1 Å². The lowest BCUT2D eigenvalue weighted by atomic mass is 10.2. The first kappa shape index (κ1) is 20.8. The monoisotopic (exact) mass is 470 g/mol. The van der Waals surface area contributed by atoms with E-state index in [2.05, 4.69) is 25.5 Å². The minimum Gasteiger partial charge on any atom is -0.338 e. The predicted octanol–water partition coefficient (Wildman–Crippen LogP) is 3.59. The number of hydrogen-bond acceptors (Lipinski definition) is 6. The van der Waals surface area contributed by atoms with Crippen molar-refractivity contribution in [2.24, 2.45) is 0 Å². The van der Waals surface area contributed by atoms with Crippen molar-refractivity contribution in [2.75, 3.05) is 18.4 Å². The fourth-order valence-electron chi connectivity index (χ4n) is 3.79. The van der Waals surface area contributed by atoms with Crippen LogP contribution < -0.4 is 5.32 Å². The van der Waals surface area contributed by atoms with Gasteiger partial charge in [-0.2, -0.15) is 9.29 Å². The minimum atomic E-state index is -3.57. The number of H-pyrrole nitrogens is 1. The minimum absolute atomic E-state index is 0.0326. The summed E-state index contributed by atoms with van der Waals surface area (Å²) in [6, 6.07) is 11.3. The Kier molecular flexibility index (Phi) is 5.28. The number of benzene rings is 2. The number of aromatic amines is 1. The van der Waals surface area contributed by atoms with Crippen LogP contribution in [0.2, 0.25) is 5.02 Å². The van der Waals surface area contributed by atoms with Gasteiger partial charge in [0.2, 0.25) is 10.0 Å². The number of anilines is 1. The molecule has 1 saturated heterocycles. The average Bonchev–Trinajstić information content (AvgIpc) is 3.17. The zero-order valence-electron chi connectivity index (χ0n) is 16.9. The zero-order chi connectivity index (χ0) is 22.3. The molecule has 0 saturated carbocycles. The van der Waals surface area contributed by atoms with Gasteiger partial charge in [0.05, 0.1) is 4.90 Å². The highest BCUT2D eigenvalue weighted by atomic mass is 35.5. The Hall–Kier alpha value is -3.08. The number of halogens is 1. The summed E-state index contributed by atoms with van der Waals surface area (Å²) in [5, 5.41) is 11.9. The van der Waals surface area contributed by atoms with Crippen molar-refractivity contribution in [2.45, 2.75) is 24.2 Å². The molecule has 0 radical (unpaired) electrons. The van der Waals surface area contributed by atoms with Gasteiger partial charge in [-0.05, 0) is 55.3 Å². The molecule has 2 N–H and O–H groups in total. The summed E-state index contributed by atoms with van der Waals surface area (Å²) in [6.07, 6.45) is 2.79. The molecule has 11 heteroatoms. The molecule has 164 valence electrons. The lowest BCUT2D eigenvalue weighted by Gasteiger charge is -2.25. The second kappa shape index (κ2) is 8.12. The molecule has 0 unspecified atom stereocenters. The van der Waals surface area contributed by atoms with Crippen LogP contribution in [0, 0.1) is 0 Å². The fraction of sp³-hybridized carbons (Fsp3) is 0.238. The van der Waals surface area contributed by atoms with E-state index in [9.17, 15) is 13.2 Å². The van der Waals surface area contributed by atoms with Crippen LogP contribution in [0.25, 0.3) is 22.1 Å². The SMILES string of the molecule is O=C(Nc1nnc2c(n1)[nH]c1ccc(S(=O)(=O)N3CCCCC3)cc12)c1ccc(Cl)cc1. The number of nitrogens with zero attached hydrogens (tertiary/aromatic N) is 4. The molecule has 9 nitrogen and oxygen atoms in total. The lowest BCUT2D eigenvalue weighted by Crippen LogP contribution is -2.35. The summed E-state index contributed by atoms with van der Waals surface area (Å²) < 4.78 is 27.6. The highest BCUT2D eigenvalue weighted by molar-refractivity contribution is 7.89. The molecule has 0 atom stereocenters. The maximum absolute atomic E-state index is 13.0. The molecule has 2 aromatic carbocycles. The number of hydrogen-bond donors (Lipinski definition) is 2. The van der Waals surface area contributed by atoms with Gasteiger partial charge in [0.15, 0.2) is 5.65 Å². The second-order valence-electron chi connectivity index (χ2n) is 7.59. The number of aromatic nitrogens is 4. The molecular formula is C21H19ClN6O3S. The van der Waals surface area contributed by atoms with E-state index in [1.165, 1.54) is 4.31 Å². The van der Waals surface area contributed by atoms with E-state index < -0.39 is 15.9 Å². The van der Waals surface area contributed by atoms with E-state index in [1.54, 1.807) is 42.5 Å². The van der Waals surface area contributed by atoms with Crippen LogP contribution in [-0.4, -0.2) is 51.9 Å². The van der Waals surface area contributed by atoms with Crippen molar-refractivity contribution < 1.29 is 13.2 Å². The van der Waals surface area contributed by atoms with Gasteiger partial charge in [-0.25, -0.2) is 8.42 Å². The summed E-state index contributed by atoms with van der Waals surface area (Å²) >= 11 is 5.85. The highest BCUT2D eigenvalue weighted by Crippen LogP contribution is 2.28. The first-order valence-corrected chi connectivity index (χ1v) is 12.0. The topological polar surface area (TPSA) is 121 Å². The molecule has 1 amide bonds. The third-order valence-corrected chi connectivity index (χ3v) is 7.62. The number of amides is 1. The van der Waals surface area contributed by atoms with E-state index in [-0.39, 0.29) is 10.8 Å². The zero-order valence-corrected chi connectivity index (χ0v) is 18.4. The van der Waals surface area contributed by atoms with E-state index in [0.717, 1.165) is 19.3 Å². The van der Waals surface area contributed by atoms with Crippen LogP contribution in [0.1, 0.15) is 29.6 Å². The van der Waals surface area contributed by atoms with Gasteiger partial charge in [0.1, 0.15) is 5.52 Å². The largest absolute Gasteiger partial charge is 0.338 e. The van der Waals surface area contributed by atoms with Crippen molar-refractivity contribution in [1.29, 1.82) is 0 Å². The molecule has 4 aromatic rings. The summed E-state index contributed by atoms with van der Waals surface area (Å²) in [6.45, 7) is 1.07. The van der Waals surface area contributed by atoms with Crippen LogP contribution in [0.4, 0.5) is 5.95 Å². The van der Waals surface area contributed by atoms with Crippen LogP contribution in [-0.2, 0) is 10.0 Å². The summed E-state index contributed by atoms with van der Waals surface area (Å²) in [7, 11) is -3.57. The van der Waals surface area contributed by atoms with Crippen LogP contribution in [0.5, 0.6) is 0 Å². The summed E-state index contributed by atoms with van der Waals surface area (Å²) in [5.41, 5.74) is 1.91. The Bertz CT molecular complexity index is 1430. The van der Waals surface area contributed by atoms with Gasteiger partial charge >= 0.3 is 0 Å². The Morgan fingerprint density at radius 2 is 1.78 bits per heavy atom. The first-order chi connectivity index (χ1) is 15.4. The number of piperidine rings is 1. The Morgan fingerprint density at radius 1 is 1.03 bits per heavy atom. The molecule has 1 aliphatic heterocycles. The number of rotatable bonds is 4. The predicted molar refractivity (Wildman–Crippen MR) is 121 cm³/mol. The number of nitrogens with one attached hydrogen (secondary N) is 2. The van der Waals surface area contributed by atoms with Crippen molar-refractivity contribution in [1.82, 2.24) is 24.5 Å². The lowest BCUT2D eigenvalue weighted by molar-refractivity contribution is 0.102. The molecule has 1 aliphatic rings. The second-order valence-corrected chi connectivity index (χ2v) is 9.97. The molecule has 5 rings (SSSR count). The molecular weight excluding hydrogens is 452 g/mol. The maximum Gasteiger partial charge on any atom is 0.258 e. The standard InChI is InChI=1S/C21H19ClN6O3S/c22-14-6-4-13(5-7-14)20(29)25-21-24-19-18(26-27-21)16-12-15(8-9-17(16)23-19)32(30,31)28-10-2-1-3-11-28/h4-9,12H,1-3,10-11H2,(H2,23,24,25,27,29). The van der Waals surface area contributed by atoms with E-state index in [4.69, 9.17) is 11.6 Å². The fourth-order valence-corrected chi connectivity index (χ4v) is 5.46. The molecule has 0 bridgehead atoms. The number of sulfonamides is 1. The van der Waals surface area contributed by atoms with Crippen molar-refractivity contribution in [3.8, 4) is 0 Å². The quantitative estimate of drug-likeness (QED) is 0.470. The van der Waals surface area contributed by atoms with Crippen LogP contribution >= 0.6 is 11.6 Å². The van der Waals surface area contributed by atoms with E-state index in [0.29, 0.717) is 45.7 Å². The van der Waals surface area contributed by atoms with Gasteiger partial charge in [-0.3, -0.25) is 10.1 Å². The van der Waals surface area contributed by atoms with E-state index >= 15 is 0 Å². The van der Waals surface area contributed by atoms with Crippen LogP contribution in [0.3, 0.4) is 0 Å². The molecule has 0 spiro atoms. The van der Waals surface area contributed by atoms with Crippen molar-refractivity contribution in [3.63, 3.8) is 0 Å². The van der Waals surface area contributed by atoms with Gasteiger partial charge < -0.3 is 4.98 Å². The van der Waals surface area contributed by atoms with Crippen molar-refractivity contribution >= 4 is 55.5 Å². The molecule has 1 fully saturated rings. The smallest absolute Gasteiger partial charge is 0.258 e. The van der Waals surface area contributed by atoms with Crippen LogP contribution in [0.15, 0.2) is 47.4 Å². The molecule has 32 heavy (non-hydrogen) atoms. The highest BCUT2D eigenvalue weighted by Gasteiger charge is 2.26. The van der Waals surface area contributed by atoms with Gasteiger partial charge in [0, 0.05) is 34.6 Å². The number of carbonyl (C=O) groups excluding carboxylic acids is 1. The Morgan fingerprint density at radius 3 is 2.53 bits per heavy atom. The first-order valence-electron chi connectivity index (χ1n) is 10.1.